The number of rotatable bonds is 10. The average molecular weight is 319 g/mol. The number of carbonyl (C=O) groups is 2. The number of nitrogens with zero attached hydrogens (tertiary/aromatic N) is 1. The van der Waals surface area contributed by atoms with Crippen molar-refractivity contribution in [2.24, 2.45) is 0 Å². The van der Waals surface area contributed by atoms with Crippen LogP contribution in [-0.2, 0) is 9.59 Å². The molecule has 2 amide bonds. The first-order valence-electron chi connectivity index (χ1n) is 8.45. The summed E-state index contributed by atoms with van der Waals surface area (Å²) in [5, 5.41) is 5.62. The molecule has 0 bridgehead atoms. The Kier molecular flexibility index (Phi) is 8.98. The Morgan fingerprint density at radius 3 is 1.83 bits per heavy atom. The van der Waals surface area contributed by atoms with E-state index in [1.54, 1.807) is 24.3 Å². The first-order chi connectivity index (χ1) is 11.0. The molecule has 23 heavy (non-hydrogen) atoms. The molecule has 0 aliphatic carbocycles. The quantitative estimate of drug-likeness (QED) is 0.694. The second-order valence-corrected chi connectivity index (χ2v) is 5.79. The van der Waals surface area contributed by atoms with E-state index in [0.717, 1.165) is 50.1 Å². The Balaban J connectivity index is 2.50. The molecule has 0 saturated heterocycles. The van der Waals surface area contributed by atoms with Gasteiger partial charge in [0.2, 0.25) is 11.8 Å². The minimum Gasteiger partial charge on any atom is -0.326 e. The molecular formula is C18H29N3O2. The van der Waals surface area contributed by atoms with Gasteiger partial charge in [0.05, 0.1) is 6.54 Å². The zero-order valence-electron chi connectivity index (χ0n) is 14.5. The molecule has 2 N–H and O–H groups in total. The molecule has 128 valence electrons. The molecule has 0 heterocycles. The molecule has 5 nitrogen and oxygen atoms in total. The van der Waals surface area contributed by atoms with Gasteiger partial charge >= 0.3 is 0 Å². The van der Waals surface area contributed by atoms with E-state index in [0.29, 0.717) is 6.54 Å². The largest absolute Gasteiger partial charge is 0.326 e. The van der Waals surface area contributed by atoms with Gasteiger partial charge in [0, 0.05) is 18.3 Å². The van der Waals surface area contributed by atoms with Crippen molar-refractivity contribution in [3.8, 4) is 0 Å². The highest BCUT2D eigenvalue weighted by molar-refractivity contribution is 5.93. The van der Waals surface area contributed by atoms with Crippen LogP contribution in [0.2, 0.25) is 0 Å². The Morgan fingerprint density at radius 2 is 1.39 bits per heavy atom. The maximum Gasteiger partial charge on any atom is 0.238 e. The lowest BCUT2D eigenvalue weighted by Gasteiger charge is -2.21. The van der Waals surface area contributed by atoms with Crippen LogP contribution < -0.4 is 10.6 Å². The second-order valence-electron chi connectivity index (χ2n) is 5.79. The molecule has 0 atom stereocenters. The molecule has 0 aliphatic rings. The summed E-state index contributed by atoms with van der Waals surface area (Å²) in [5.41, 5.74) is 1.47. The van der Waals surface area contributed by atoms with Crippen molar-refractivity contribution in [1.29, 1.82) is 0 Å². The predicted molar refractivity (Wildman–Crippen MR) is 95.6 cm³/mol. The van der Waals surface area contributed by atoms with Crippen LogP contribution in [0, 0.1) is 0 Å². The van der Waals surface area contributed by atoms with Crippen molar-refractivity contribution in [3.05, 3.63) is 24.3 Å². The fraction of sp³-hybridized carbons (Fsp3) is 0.556. The summed E-state index contributed by atoms with van der Waals surface area (Å²) in [7, 11) is 0. The number of hydrogen-bond donors (Lipinski definition) is 2. The summed E-state index contributed by atoms with van der Waals surface area (Å²) in [5.74, 6) is -0.103. The minimum atomic E-state index is -0.107. The first kappa shape index (κ1) is 19.2. The molecule has 1 aromatic carbocycles. The Labute approximate surface area is 139 Å². The van der Waals surface area contributed by atoms with Crippen molar-refractivity contribution in [2.45, 2.75) is 46.5 Å². The van der Waals surface area contributed by atoms with Gasteiger partial charge in [-0.25, -0.2) is 0 Å². The lowest BCUT2D eigenvalue weighted by Crippen LogP contribution is -2.34. The Morgan fingerprint density at radius 1 is 0.913 bits per heavy atom. The van der Waals surface area contributed by atoms with Crippen LogP contribution in [0.3, 0.4) is 0 Å². The highest BCUT2D eigenvalue weighted by atomic mass is 16.2. The molecule has 0 fully saturated rings. The summed E-state index contributed by atoms with van der Waals surface area (Å²) < 4.78 is 0. The van der Waals surface area contributed by atoms with Gasteiger partial charge in [-0.3, -0.25) is 14.5 Å². The zero-order chi connectivity index (χ0) is 17.1. The predicted octanol–water partition coefficient (Wildman–Crippen LogP) is 3.49. The van der Waals surface area contributed by atoms with Gasteiger partial charge in [-0.15, -0.1) is 0 Å². The second kappa shape index (κ2) is 10.8. The van der Waals surface area contributed by atoms with Gasteiger partial charge in [-0.1, -0.05) is 26.7 Å². The smallest absolute Gasteiger partial charge is 0.238 e. The van der Waals surface area contributed by atoms with E-state index in [2.05, 4.69) is 29.4 Å². The van der Waals surface area contributed by atoms with Crippen LogP contribution in [0.1, 0.15) is 46.5 Å². The van der Waals surface area contributed by atoms with Crippen molar-refractivity contribution in [3.63, 3.8) is 0 Å². The number of benzene rings is 1. The fourth-order valence-corrected chi connectivity index (χ4v) is 2.28. The molecule has 1 rings (SSSR count). The van der Waals surface area contributed by atoms with Crippen molar-refractivity contribution >= 4 is 23.2 Å². The number of hydrogen-bond acceptors (Lipinski definition) is 3. The highest BCUT2D eigenvalue weighted by Gasteiger charge is 2.10. The van der Waals surface area contributed by atoms with Crippen LogP contribution in [0.4, 0.5) is 11.4 Å². The standard InChI is InChI=1S/C18H29N3O2/c1-4-6-12-21(13-7-5-2)14-18(23)20-17-10-8-16(9-11-17)19-15(3)22/h8-11H,4-7,12-14H2,1-3H3,(H,19,22)(H,20,23). The topological polar surface area (TPSA) is 61.4 Å². The van der Waals surface area contributed by atoms with E-state index in [9.17, 15) is 9.59 Å². The van der Waals surface area contributed by atoms with Crippen LogP contribution >= 0.6 is 0 Å². The zero-order valence-corrected chi connectivity index (χ0v) is 14.5. The van der Waals surface area contributed by atoms with Crippen LogP contribution in [0.5, 0.6) is 0 Å². The number of carbonyl (C=O) groups excluding carboxylic acids is 2. The monoisotopic (exact) mass is 319 g/mol. The maximum absolute atomic E-state index is 12.2. The lowest BCUT2D eigenvalue weighted by atomic mass is 10.2. The van der Waals surface area contributed by atoms with Gasteiger partial charge in [-0.05, 0) is 50.2 Å². The SMILES string of the molecule is CCCCN(CCCC)CC(=O)Nc1ccc(NC(C)=O)cc1. The molecule has 0 saturated carbocycles. The molecule has 0 unspecified atom stereocenters. The van der Waals surface area contributed by atoms with E-state index < -0.39 is 0 Å². The van der Waals surface area contributed by atoms with Crippen molar-refractivity contribution < 1.29 is 9.59 Å². The van der Waals surface area contributed by atoms with E-state index in [1.807, 2.05) is 0 Å². The molecule has 0 radical (unpaired) electrons. The third-order valence-electron chi connectivity index (χ3n) is 3.51. The summed E-state index contributed by atoms with van der Waals surface area (Å²) >= 11 is 0. The molecule has 0 spiro atoms. The van der Waals surface area contributed by atoms with Gasteiger partial charge in [0.25, 0.3) is 0 Å². The van der Waals surface area contributed by atoms with Crippen molar-refractivity contribution in [2.75, 3.05) is 30.3 Å². The van der Waals surface area contributed by atoms with Crippen LogP contribution in [0.25, 0.3) is 0 Å². The number of unbranched alkanes of at least 4 members (excludes halogenated alkanes) is 2. The first-order valence-corrected chi connectivity index (χ1v) is 8.45. The van der Waals surface area contributed by atoms with Gasteiger partial charge in [0.15, 0.2) is 0 Å². The van der Waals surface area contributed by atoms with Crippen LogP contribution in [0.15, 0.2) is 24.3 Å². The summed E-state index contributed by atoms with van der Waals surface area (Å²) in [4.78, 5) is 25.4. The third kappa shape index (κ3) is 8.35. The fourth-order valence-electron chi connectivity index (χ4n) is 2.28. The molecule has 5 heteroatoms. The molecule has 0 aliphatic heterocycles. The normalized spacial score (nSPS) is 10.6. The molecular weight excluding hydrogens is 290 g/mol. The Hall–Kier alpha value is -1.88. The van der Waals surface area contributed by atoms with Crippen LogP contribution in [-0.4, -0.2) is 36.3 Å². The Bertz CT molecular complexity index is 478. The summed E-state index contributed by atoms with van der Waals surface area (Å²) in [6, 6.07) is 7.16. The maximum atomic E-state index is 12.2. The lowest BCUT2D eigenvalue weighted by molar-refractivity contribution is -0.117. The number of nitrogens with one attached hydrogen (secondary N) is 2. The third-order valence-corrected chi connectivity index (χ3v) is 3.51. The molecule has 0 aromatic heterocycles. The van der Waals surface area contributed by atoms with Gasteiger partial charge < -0.3 is 10.6 Å². The summed E-state index contributed by atoms with van der Waals surface area (Å²) in [6.45, 7) is 8.14. The van der Waals surface area contributed by atoms with E-state index >= 15 is 0 Å². The average Bonchev–Trinajstić information content (AvgIpc) is 2.51. The summed E-state index contributed by atoms with van der Waals surface area (Å²) in [6.07, 6.45) is 4.49. The van der Waals surface area contributed by atoms with E-state index in [1.165, 1.54) is 6.92 Å². The molecule has 1 aromatic rings. The minimum absolute atomic E-state index is 0.00415. The van der Waals surface area contributed by atoms with E-state index in [-0.39, 0.29) is 11.8 Å². The number of amides is 2. The van der Waals surface area contributed by atoms with E-state index in [4.69, 9.17) is 0 Å². The van der Waals surface area contributed by atoms with Gasteiger partial charge in [0.1, 0.15) is 0 Å². The number of anilines is 2. The van der Waals surface area contributed by atoms with Crippen molar-refractivity contribution in [1.82, 2.24) is 4.90 Å². The highest BCUT2D eigenvalue weighted by Crippen LogP contribution is 2.13. The van der Waals surface area contributed by atoms with Gasteiger partial charge in [-0.2, -0.15) is 0 Å².